The number of aliphatic hydroxyl groups is 3. The van der Waals surface area contributed by atoms with Crippen LogP contribution in [0.25, 0.3) is 0 Å². The normalized spacial score (nSPS) is 17.3. The fourth-order valence-electron chi connectivity index (χ4n) is 2.00. The van der Waals surface area contributed by atoms with E-state index in [1.165, 1.54) is 6.92 Å². The summed E-state index contributed by atoms with van der Waals surface area (Å²) in [7, 11) is 0. The number of Topliss-reactive ketones (excluding diaryl/α,β-unsaturated/α-hetero) is 1. The Morgan fingerprint density at radius 2 is 1.35 bits per heavy atom. The van der Waals surface area contributed by atoms with Crippen LogP contribution < -0.4 is 10.6 Å². The van der Waals surface area contributed by atoms with Crippen LogP contribution in [0, 0.1) is 0 Å². The Labute approximate surface area is 132 Å². The lowest BCUT2D eigenvalue weighted by molar-refractivity contribution is -0.150. The molecular weight excluding hydrogens is 312 g/mol. The van der Waals surface area contributed by atoms with Crippen molar-refractivity contribution >= 4 is 23.6 Å². The van der Waals surface area contributed by atoms with Crippen molar-refractivity contribution in [2.45, 2.75) is 57.6 Å². The molecule has 0 fully saturated rings. The van der Waals surface area contributed by atoms with Crippen molar-refractivity contribution in [3.63, 3.8) is 0 Å². The highest BCUT2D eigenvalue weighted by Crippen LogP contribution is 2.12. The molecule has 0 spiro atoms. The number of carboxylic acid groups (broad SMARTS) is 1. The number of carbonyl (C=O) groups is 4. The lowest BCUT2D eigenvalue weighted by Gasteiger charge is -2.34. The van der Waals surface area contributed by atoms with Gasteiger partial charge in [0.05, 0.1) is 30.4 Å². The number of aliphatic hydroxyl groups excluding tert-OH is 3. The number of rotatable bonds is 9. The third kappa shape index (κ3) is 7.17. The zero-order chi connectivity index (χ0) is 18.3. The predicted octanol–water partition coefficient (Wildman–Crippen LogP) is -2.86. The summed E-state index contributed by atoms with van der Waals surface area (Å²) in [5.41, 5.74) is 0. The first-order chi connectivity index (χ1) is 10.5. The van der Waals surface area contributed by atoms with Gasteiger partial charge in [0.2, 0.25) is 17.6 Å². The van der Waals surface area contributed by atoms with Gasteiger partial charge in [-0.25, -0.2) is 4.79 Å². The fourth-order valence-corrected chi connectivity index (χ4v) is 2.00. The minimum absolute atomic E-state index is 0.576. The molecule has 10 nitrogen and oxygen atoms in total. The van der Waals surface area contributed by atoms with Gasteiger partial charge in [0, 0.05) is 20.3 Å². The highest BCUT2D eigenvalue weighted by atomic mass is 16.4. The van der Waals surface area contributed by atoms with E-state index in [4.69, 9.17) is 5.11 Å². The Balaban J connectivity index is 5.32. The largest absolute Gasteiger partial charge is 0.475 e. The van der Waals surface area contributed by atoms with Gasteiger partial charge in [-0.1, -0.05) is 0 Å². The van der Waals surface area contributed by atoms with Gasteiger partial charge in [0.25, 0.3) is 0 Å². The van der Waals surface area contributed by atoms with E-state index in [-0.39, 0.29) is 0 Å². The zero-order valence-electron chi connectivity index (χ0n) is 13.0. The van der Waals surface area contributed by atoms with E-state index >= 15 is 0 Å². The van der Waals surface area contributed by atoms with Gasteiger partial charge in [0.15, 0.2) is 0 Å². The molecule has 0 unspecified atom stereocenters. The van der Waals surface area contributed by atoms with E-state index in [0.29, 0.717) is 0 Å². The van der Waals surface area contributed by atoms with Gasteiger partial charge in [-0.05, 0) is 6.92 Å². The van der Waals surface area contributed by atoms with Crippen molar-refractivity contribution in [1.29, 1.82) is 0 Å². The minimum atomic E-state index is -1.77. The van der Waals surface area contributed by atoms with Gasteiger partial charge in [0.1, 0.15) is 0 Å². The van der Waals surface area contributed by atoms with Crippen molar-refractivity contribution < 1.29 is 39.6 Å². The zero-order valence-corrected chi connectivity index (χ0v) is 13.0. The number of carbonyl (C=O) groups excluding carboxylic acids is 3. The second-order valence-electron chi connectivity index (χ2n) is 5.18. The first-order valence-corrected chi connectivity index (χ1v) is 6.81. The second-order valence-corrected chi connectivity index (χ2v) is 5.18. The van der Waals surface area contributed by atoms with Crippen LogP contribution in [0.5, 0.6) is 0 Å². The van der Waals surface area contributed by atoms with Crippen LogP contribution in [-0.4, -0.2) is 74.4 Å². The van der Waals surface area contributed by atoms with Crippen molar-refractivity contribution in [2.75, 3.05) is 0 Å². The van der Waals surface area contributed by atoms with E-state index in [0.717, 1.165) is 13.8 Å². The number of amides is 2. The molecule has 0 aromatic rings. The smallest absolute Gasteiger partial charge is 0.372 e. The molecule has 0 aliphatic heterocycles. The third-order valence-corrected chi connectivity index (χ3v) is 3.04. The first kappa shape index (κ1) is 21.0. The lowest BCUT2D eigenvalue weighted by atomic mass is 9.92. The molecule has 132 valence electrons. The summed E-state index contributed by atoms with van der Waals surface area (Å²) in [6, 6.07) is -2.72. The average molecular weight is 334 g/mol. The predicted molar refractivity (Wildman–Crippen MR) is 76.2 cm³/mol. The molecule has 0 aliphatic carbocycles. The standard InChI is InChI=1S/C13H22N2O8/c1-5(16)10(14-6(2)17)12(21)11(15-7(3)18)8(19)4-9(20)13(22)23/h5,8,10-12,16,19,21H,4H2,1-3H3,(H,14,17)(H,15,18)(H,22,23)/t5-,8-,10+,11+,12-/m1/s1. The summed E-state index contributed by atoms with van der Waals surface area (Å²) < 4.78 is 0. The fraction of sp³-hybridized carbons (Fsp3) is 0.692. The summed E-state index contributed by atoms with van der Waals surface area (Å²) in [6.07, 6.45) is -5.50. The number of carboxylic acids is 1. The first-order valence-electron chi connectivity index (χ1n) is 6.81. The van der Waals surface area contributed by atoms with E-state index in [1.807, 2.05) is 0 Å². The monoisotopic (exact) mass is 334 g/mol. The van der Waals surface area contributed by atoms with E-state index in [9.17, 15) is 34.5 Å². The molecule has 0 radical (unpaired) electrons. The number of aliphatic carboxylic acids is 1. The van der Waals surface area contributed by atoms with Crippen LogP contribution >= 0.6 is 0 Å². The molecule has 0 rings (SSSR count). The quantitative estimate of drug-likeness (QED) is 0.244. The van der Waals surface area contributed by atoms with Crippen LogP contribution in [0.2, 0.25) is 0 Å². The molecule has 5 atom stereocenters. The van der Waals surface area contributed by atoms with Gasteiger partial charge in [-0.3, -0.25) is 14.4 Å². The lowest BCUT2D eigenvalue weighted by Crippen LogP contribution is -2.61. The Morgan fingerprint density at radius 3 is 1.70 bits per heavy atom. The van der Waals surface area contributed by atoms with E-state index in [1.54, 1.807) is 0 Å². The highest BCUT2D eigenvalue weighted by Gasteiger charge is 2.37. The van der Waals surface area contributed by atoms with Crippen LogP contribution in [-0.2, 0) is 19.2 Å². The van der Waals surface area contributed by atoms with Crippen LogP contribution in [0.1, 0.15) is 27.2 Å². The molecule has 6 N–H and O–H groups in total. The van der Waals surface area contributed by atoms with Crippen molar-refractivity contribution in [2.24, 2.45) is 0 Å². The van der Waals surface area contributed by atoms with E-state index in [2.05, 4.69) is 10.6 Å². The maximum atomic E-state index is 11.2. The van der Waals surface area contributed by atoms with Crippen LogP contribution in [0.15, 0.2) is 0 Å². The maximum Gasteiger partial charge on any atom is 0.372 e. The maximum absolute atomic E-state index is 11.2. The molecule has 0 aromatic heterocycles. The molecule has 23 heavy (non-hydrogen) atoms. The molecule has 0 saturated heterocycles. The van der Waals surface area contributed by atoms with Crippen molar-refractivity contribution in [3.05, 3.63) is 0 Å². The van der Waals surface area contributed by atoms with Gasteiger partial charge >= 0.3 is 5.97 Å². The van der Waals surface area contributed by atoms with Crippen LogP contribution in [0.4, 0.5) is 0 Å². The topological polar surface area (TPSA) is 173 Å². The number of hydrogen-bond donors (Lipinski definition) is 6. The summed E-state index contributed by atoms with van der Waals surface area (Å²) in [5.74, 6) is -4.32. The number of ketones is 1. The molecule has 0 heterocycles. The second kappa shape index (κ2) is 9.18. The highest BCUT2D eigenvalue weighted by molar-refractivity contribution is 6.32. The van der Waals surface area contributed by atoms with Crippen LogP contribution in [0.3, 0.4) is 0 Å². The summed E-state index contributed by atoms with van der Waals surface area (Å²) in [4.78, 5) is 44.0. The Hall–Kier alpha value is -2.04. The van der Waals surface area contributed by atoms with Gasteiger partial charge < -0.3 is 31.1 Å². The minimum Gasteiger partial charge on any atom is -0.475 e. The van der Waals surface area contributed by atoms with Gasteiger partial charge in [-0.15, -0.1) is 0 Å². The summed E-state index contributed by atoms with van der Waals surface area (Å²) >= 11 is 0. The van der Waals surface area contributed by atoms with Crippen molar-refractivity contribution in [1.82, 2.24) is 10.6 Å². The number of nitrogens with one attached hydrogen (secondary N) is 2. The van der Waals surface area contributed by atoms with Gasteiger partial charge in [-0.2, -0.15) is 0 Å². The molecular formula is C13H22N2O8. The molecule has 0 bridgehead atoms. The summed E-state index contributed by atoms with van der Waals surface area (Å²) in [6.45, 7) is 3.49. The van der Waals surface area contributed by atoms with E-state index < -0.39 is 60.4 Å². The Kier molecular flexibility index (Phi) is 8.36. The Morgan fingerprint density at radius 1 is 0.913 bits per heavy atom. The molecule has 0 aromatic carbocycles. The average Bonchev–Trinajstić information content (AvgIpc) is 2.40. The molecule has 0 aliphatic rings. The number of hydrogen-bond acceptors (Lipinski definition) is 7. The summed E-state index contributed by atoms with van der Waals surface area (Å²) in [5, 5.41) is 42.8. The molecule has 0 saturated carbocycles. The third-order valence-electron chi connectivity index (χ3n) is 3.04. The van der Waals surface area contributed by atoms with Crippen molar-refractivity contribution in [3.8, 4) is 0 Å². The SMILES string of the molecule is CC(=O)N[C@H]([C@H](O)[C@@H](NC(C)=O)[C@@H](C)O)[C@H](O)CC(=O)C(=O)O. The Bertz CT molecular complexity index is 465. The molecule has 10 heteroatoms. The molecule has 2 amide bonds.